The topological polar surface area (TPSA) is 268 Å². The van der Waals surface area contributed by atoms with Crippen LogP contribution in [0.3, 0.4) is 0 Å². The molecule has 0 bridgehead atoms. The Bertz CT molecular complexity index is 335. The Morgan fingerprint density at radius 3 is 1.04 bits per heavy atom. The molecule has 27 heavy (non-hydrogen) atoms. The quantitative estimate of drug-likeness (QED) is 0.135. The first-order valence-electron chi connectivity index (χ1n) is 7.62. The zero-order chi connectivity index (χ0) is 20.9. The SMILES string of the molecule is O.O=CC(O)C(O)C(O)CC(O)CO.O=CC(O)C(O)C(O)CC(O)CO. The van der Waals surface area contributed by atoms with Crippen molar-refractivity contribution in [2.24, 2.45) is 0 Å². The third kappa shape index (κ3) is 13.7. The fraction of sp³-hybridized carbons (Fsp3) is 0.857. The number of hydrogen-bond acceptors (Lipinski definition) is 12. The Labute approximate surface area is 154 Å². The molecule has 0 aliphatic rings. The van der Waals surface area contributed by atoms with Crippen LogP contribution in [0.1, 0.15) is 12.8 Å². The van der Waals surface area contributed by atoms with Gasteiger partial charge >= 0.3 is 0 Å². The second-order valence-electron chi connectivity index (χ2n) is 5.51. The molecule has 0 spiro atoms. The summed E-state index contributed by atoms with van der Waals surface area (Å²) >= 11 is 0. The summed E-state index contributed by atoms with van der Waals surface area (Å²) < 4.78 is 0. The predicted molar refractivity (Wildman–Crippen MR) is 87.2 cm³/mol. The lowest BCUT2D eigenvalue weighted by atomic mass is 10.0. The van der Waals surface area contributed by atoms with E-state index in [0.29, 0.717) is 0 Å². The summed E-state index contributed by atoms with van der Waals surface area (Å²) in [6.45, 7) is -1.11. The van der Waals surface area contributed by atoms with Gasteiger partial charge in [0.15, 0.2) is 12.6 Å². The lowest BCUT2D eigenvalue weighted by Gasteiger charge is -2.20. The van der Waals surface area contributed by atoms with E-state index in [9.17, 15) is 9.59 Å². The van der Waals surface area contributed by atoms with Gasteiger partial charge in [0.2, 0.25) is 0 Å². The Morgan fingerprint density at radius 1 is 0.593 bits per heavy atom. The molecule has 0 fully saturated rings. The number of aliphatic hydroxyl groups excluding tert-OH is 10. The van der Waals surface area contributed by atoms with Crippen LogP contribution in [0, 0.1) is 0 Å². The molecular weight excluding hydrogens is 376 g/mol. The van der Waals surface area contributed by atoms with Gasteiger partial charge in [-0.25, -0.2) is 0 Å². The van der Waals surface area contributed by atoms with E-state index >= 15 is 0 Å². The van der Waals surface area contributed by atoms with Gasteiger partial charge in [0.05, 0.1) is 37.6 Å². The van der Waals surface area contributed by atoms with Crippen LogP contribution in [0.5, 0.6) is 0 Å². The van der Waals surface area contributed by atoms with Gasteiger partial charge < -0.3 is 66.1 Å². The molecule has 0 amide bonds. The van der Waals surface area contributed by atoms with Crippen molar-refractivity contribution >= 4 is 12.6 Å². The van der Waals surface area contributed by atoms with Gasteiger partial charge in [0.25, 0.3) is 0 Å². The van der Waals surface area contributed by atoms with E-state index in [1.165, 1.54) is 0 Å². The largest absolute Gasteiger partial charge is 0.412 e. The molecule has 8 atom stereocenters. The third-order valence-electron chi connectivity index (χ3n) is 3.22. The highest BCUT2D eigenvalue weighted by Crippen LogP contribution is 2.06. The predicted octanol–water partition coefficient (Wildman–Crippen LogP) is -6.80. The molecule has 164 valence electrons. The van der Waals surface area contributed by atoms with Crippen molar-refractivity contribution in [2.45, 2.75) is 61.7 Å². The number of rotatable bonds is 12. The minimum atomic E-state index is -1.68. The van der Waals surface area contributed by atoms with E-state index in [1.54, 1.807) is 0 Å². The normalized spacial score (nSPS) is 19.6. The first-order chi connectivity index (χ1) is 12.0. The summed E-state index contributed by atoms with van der Waals surface area (Å²) in [5.74, 6) is 0. The molecule has 0 aromatic carbocycles. The van der Waals surface area contributed by atoms with Crippen LogP contribution in [0.2, 0.25) is 0 Å². The summed E-state index contributed by atoms with van der Waals surface area (Å²) in [6.07, 6.45) is -12.3. The summed E-state index contributed by atoms with van der Waals surface area (Å²) in [5, 5.41) is 88.1. The average molecular weight is 406 g/mol. The molecule has 0 aromatic rings. The van der Waals surface area contributed by atoms with E-state index in [1.807, 2.05) is 0 Å². The number of aldehydes is 2. The van der Waals surface area contributed by atoms with Crippen molar-refractivity contribution in [2.75, 3.05) is 13.2 Å². The van der Waals surface area contributed by atoms with Crippen molar-refractivity contribution in [3.63, 3.8) is 0 Å². The highest BCUT2D eigenvalue weighted by molar-refractivity contribution is 5.57. The standard InChI is InChI=1S/2C7H14O6.H2O/c2*8-2-4(10)1-5(11)7(13)6(12)3-9;/h2*3-8,10-13H,1-2H2;1H2. The van der Waals surface area contributed by atoms with Gasteiger partial charge in [0, 0.05) is 12.8 Å². The van der Waals surface area contributed by atoms with Crippen molar-refractivity contribution in [3.05, 3.63) is 0 Å². The molecule has 0 radical (unpaired) electrons. The van der Waals surface area contributed by atoms with Crippen LogP contribution >= 0.6 is 0 Å². The van der Waals surface area contributed by atoms with Crippen LogP contribution in [0.15, 0.2) is 0 Å². The molecule has 0 rings (SSSR count). The van der Waals surface area contributed by atoms with Gasteiger partial charge in [-0.1, -0.05) is 0 Å². The molecule has 8 unspecified atom stereocenters. The Kier molecular flexibility index (Phi) is 19.3. The Hall–Kier alpha value is -1.10. The van der Waals surface area contributed by atoms with Crippen LogP contribution in [0.4, 0.5) is 0 Å². The number of carbonyl (C=O) groups is 2. The molecular formula is C14H30O13. The third-order valence-corrected chi connectivity index (χ3v) is 3.22. The lowest BCUT2D eigenvalue weighted by Crippen LogP contribution is -2.40. The molecule has 13 heteroatoms. The van der Waals surface area contributed by atoms with E-state index in [2.05, 4.69) is 0 Å². The molecule has 13 nitrogen and oxygen atoms in total. The Morgan fingerprint density at radius 2 is 0.852 bits per heavy atom. The van der Waals surface area contributed by atoms with Gasteiger partial charge in [0.1, 0.15) is 24.4 Å². The van der Waals surface area contributed by atoms with E-state index < -0.39 is 62.0 Å². The van der Waals surface area contributed by atoms with Gasteiger partial charge in [-0.2, -0.15) is 0 Å². The van der Waals surface area contributed by atoms with Crippen LogP contribution < -0.4 is 0 Å². The first kappa shape index (κ1) is 30.6. The molecule has 0 saturated heterocycles. The van der Waals surface area contributed by atoms with Crippen molar-refractivity contribution in [1.29, 1.82) is 0 Å². The fourth-order valence-corrected chi connectivity index (χ4v) is 1.60. The maximum absolute atomic E-state index is 9.97. The summed E-state index contributed by atoms with van der Waals surface area (Å²) in [7, 11) is 0. The first-order valence-corrected chi connectivity index (χ1v) is 7.62. The molecule has 0 aliphatic carbocycles. The summed E-state index contributed by atoms with van der Waals surface area (Å²) in [4.78, 5) is 19.9. The van der Waals surface area contributed by atoms with E-state index in [4.69, 9.17) is 51.1 Å². The fourth-order valence-electron chi connectivity index (χ4n) is 1.60. The second kappa shape index (κ2) is 17.0. The van der Waals surface area contributed by atoms with Crippen LogP contribution in [-0.4, -0.2) is 131 Å². The highest BCUT2D eigenvalue weighted by atomic mass is 16.4. The van der Waals surface area contributed by atoms with Crippen LogP contribution in [-0.2, 0) is 9.59 Å². The minimum Gasteiger partial charge on any atom is -0.412 e. The van der Waals surface area contributed by atoms with Crippen molar-refractivity contribution in [1.82, 2.24) is 0 Å². The molecule has 0 heterocycles. The molecule has 0 saturated carbocycles. The van der Waals surface area contributed by atoms with Gasteiger partial charge in [-0.3, -0.25) is 0 Å². The number of aliphatic hydroxyl groups is 10. The summed E-state index contributed by atoms with van der Waals surface area (Å²) in [5.41, 5.74) is 0. The summed E-state index contributed by atoms with van der Waals surface area (Å²) in [6, 6.07) is 0. The van der Waals surface area contributed by atoms with E-state index in [-0.39, 0.29) is 30.9 Å². The van der Waals surface area contributed by atoms with Gasteiger partial charge in [-0.05, 0) is 0 Å². The van der Waals surface area contributed by atoms with Crippen molar-refractivity contribution in [3.8, 4) is 0 Å². The zero-order valence-corrected chi connectivity index (χ0v) is 14.4. The molecule has 0 aromatic heterocycles. The second-order valence-corrected chi connectivity index (χ2v) is 5.51. The Balaban J connectivity index is -0.000000411. The monoisotopic (exact) mass is 406 g/mol. The van der Waals surface area contributed by atoms with E-state index in [0.717, 1.165) is 0 Å². The van der Waals surface area contributed by atoms with Gasteiger partial charge in [-0.15, -0.1) is 0 Å². The van der Waals surface area contributed by atoms with Crippen LogP contribution in [0.25, 0.3) is 0 Å². The molecule has 12 N–H and O–H groups in total. The maximum atomic E-state index is 9.97. The smallest absolute Gasteiger partial charge is 0.151 e. The lowest BCUT2D eigenvalue weighted by molar-refractivity contribution is -0.128. The van der Waals surface area contributed by atoms with Crippen molar-refractivity contribution < 1.29 is 66.1 Å². The number of carbonyl (C=O) groups excluding carboxylic acids is 2. The average Bonchev–Trinajstić information content (AvgIpc) is 2.65. The zero-order valence-electron chi connectivity index (χ0n) is 14.4. The molecule has 0 aliphatic heterocycles. The maximum Gasteiger partial charge on any atom is 0.151 e. The minimum absolute atomic E-state index is 0. The highest BCUT2D eigenvalue weighted by Gasteiger charge is 2.26. The number of hydrogen-bond donors (Lipinski definition) is 10.